The van der Waals surface area contributed by atoms with E-state index in [2.05, 4.69) is 17.0 Å². The van der Waals surface area contributed by atoms with Crippen molar-refractivity contribution in [1.29, 1.82) is 0 Å². The number of nitrogens with one attached hydrogen (secondary N) is 1. The fraction of sp³-hybridized carbons (Fsp3) is 1.00. The summed E-state index contributed by atoms with van der Waals surface area (Å²) < 4.78 is 40.2. The molecule has 5 heteroatoms. The van der Waals surface area contributed by atoms with Gasteiger partial charge in [0.25, 0.3) is 0 Å². The van der Waals surface area contributed by atoms with Crippen LogP contribution >= 0.6 is 0 Å². The predicted octanol–water partition coefficient (Wildman–Crippen LogP) is 3.51. The molecule has 108 valence electrons. The number of halogens is 3. The number of hydrogen-bond donors (Lipinski definition) is 1. The summed E-state index contributed by atoms with van der Waals surface area (Å²) in [4.78, 5) is 0. The highest BCUT2D eigenvalue weighted by atomic mass is 19.4. The van der Waals surface area contributed by atoms with Crippen LogP contribution in [0.25, 0.3) is 0 Å². The summed E-state index contributed by atoms with van der Waals surface area (Å²) in [6.45, 7) is 2.28. The van der Waals surface area contributed by atoms with Crippen molar-refractivity contribution in [2.45, 2.75) is 57.7 Å². The lowest BCUT2D eigenvalue weighted by Gasteiger charge is -2.20. The lowest BCUT2D eigenvalue weighted by molar-refractivity contribution is -0.174. The number of rotatable bonds is 8. The van der Waals surface area contributed by atoms with Gasteiger partial charge in [-0.15, -0.1) is 0 Å². The van der Waals surface area contributed by atoms with E-state index in [0.29, 0.717) is 12.0 Å². The van der Waals surface area contributed by atoms with Crippen LogP contribution in [0.4, 0.5) is 13.2 Å². The Kier molecular flexibility index (Phi) is 7.00. The highest BCUT2D eigenvalue weighted by Crippen LogP contribution is 2.29. The largest absolute Gasteiger partial charge is 0.411 e. The minimum absolute atomic E-state index is 0.219. The van der Waals surface area contributed by atoms with Gasteiger partial charge in [0.15, 0.2) is 0 Å². The molecular weight excluding hydrogens is 243 g/mol. The van der Waals surface area contributed by atoms with Crippen LogP contribution in [0.1, 0.15) is 45.4 Å². The molecule has 0 heterocycles. The molecule has 2 atom stereocenters. The van der Waals surface area contributed by atoms with E-state index < -0.39 is 12.8 Å². The molecule has 0 aromatic heterocycles. The third kappa shape index (κ3) is 6.59. The molecule has 1 saturated carbocycles. The van der Waals surface area contributed by atoms with Gasteiger partial charge in [-0.25, -0.2) is 0 Å². The average Bonchev–Trinajstić information content (AvgIpc) is 2.72. The predicted molar refractivity (Wildman–Crippen MR) is 65.5 cm³/mol. The molecule has 18 heavy (non-hydrogen) atoms. The Labute approximate surface area is 107 Å². The van der Waals surface area contributed by atoms with Gasteiger partial charge in [-0.2, -0.15) is 13.2 Å². The molecule has 0 amide bonds. The van der Waals surface area contributed by atoms with Crippen molar-refractivity contribution in [1.82, 2.24) is 5.32 Å². The zero-order valence-corrected chi connectivity index (χ0v) is 11.1. The Bertz CT molecular complexity index is 221. The highest BCUT2D eigenvalue weighted by Gasteiger charge is 2.28. The number of ether oxygens (including phenoxy) is 1. The summed E-state index contributed by atoms with van der Waals surface area (Å²) in [5.74, 6) is 0.617. The fourth-order valence-electron chi connectivity index (χ4n) is 2.62. The van der Waals surface area contributed by atoms with E-state index >= 15 is 0 Å². The first kappa shape index (κ1) is 15.8. The zero-order chi connectivity index (χ0) is 13.4. The molecule has 1 aliphatic rings. The molecule has 2 unspecified atom stereocenters. The van der Waals surface area contributed by atoms with Crippen molar-refractivity contribution in [3.05, 3.63) is 0 Å². The minimum Gasteiger partial charge on any atom is -0.372 e. The number of hydrogen-bond acceptors (Lipinski definition) is 2. The van der Waals surface area contributed by atoms with E-state index in [1.165, 1.54) is 19.3 Å². The molecule has 0 aromatic rings. The molecule has 1 fully saturated rings. The molecule has 0 bridgehead atoms. The van der Waals surface area contributed by atoms with Crippen LogP contribution in [0.15, 0.2) is 0 Å². The Balaban J connectivity index is 2.07. The monoisotopic (exact) mass is 267 g/mol. The van der Waals surface area contributed by atoms with Crippen molar-refractivity contribution < 1.29 is 17.9 Å². The lowest BCUT2D eigenvalue weighted by atomic mass is 9.98. The van der Waals surface area contributed by atoms with Gasteiger partial charge in [-0.05, 0) is 44.6 Å². The summed E-state index contributed by atoms with van der Waals surface area (Å²) in [6.07, 6.45) is 2.25. The van der Waals surface area contributed by atoms with Crippen molar-refractivity contribution in [2.24, 2.45) is 5.92 Å². The molecule has 2 nitrogen and oxygen atoms in total. The van der Waals surface area contributed by atoms with Gasteiger partial charge in [-0.3, -0.25) is 0 Å². The molecule has 0 spiro atoms. The summed E-state index contributed by atoms with van der Waals surface area (Å²) in [7, 11) is 0. The van der Waals surface area contributed by atoms with E-state index in [0.717, 1.165) is 25.8 Å². The summed E-state index contributed by atoms with van der Waals surface area (Å²) in [5, 5.41) is 3.53. The minimum atomic E-state index is -4.20. The summed E-state index contributed by atoms with van der Waals surface area (Å²) in [5.41, 5.74) is 0. The van der Waals surface area contributed by atoms with Crippen molar-refractivity contribution in [3.8, 4) is 0 Å². The average molecular weight is 267 g/mol. The van der Waals surface area contributed by atoms with Crippen LogP contribution in [0, 0.1) is 5.92 Å². The van der Waals surface area contributed by atoms with E-state index in [1.54, 1.807) is 0 Å². The first-order valence-corrected chi connectivity index (χ1v) is 6.91. The maximum Gasteiger partial charge on any atom is 0.411 e. The van der Waals surface area contributed by atoms with Gasteiger partial charge in [0, 0.05) is 12.6 Å². The molecular formula is C13H24F3NO. The van der Waals surface area contributed by atoms with Crippen molar-refractivity contribution in [2.75, 3.05) is 19.8 Å². The molecule has 0 aliphatic heterocycles. The third-order valence-electron chi connectivity index (χ3n) is 3.44. The third-order valence-corrected chi connectivity index (χ3v) is 3.44. The second-order valence-electron chi connectivity index (χ2n) is 5.06. The quantitative estimate of drug-likeness (QED) is 0.679. The van der Waals surface area contributed by atoms with Gasteiger partial charge in [0.1, 0.15) is 6.61 Å². The van der Waals surface area contributed by atoms with Gasteiger partial charge < -0.3 is 10.1 Å². The van der Waals surface area contributed by atoms with E-state index in [-0.39, 0.29) is 6.61 Å². The topological polar surface area (TPSA) is 21.3 Å². The van der Waals surface area contributed by atoms with Crippen molar-refractivity contribution in [3.63, 3.8) is 0 Å². The Hall–Kier alpha value is -0.290. The Morgan fingerprint density at radius 3 is 2.72 bits per heavy atom. The van der Waals surface area contributed by atoms with Crippen LogP contribution in [-0.4, -0.2) is 32.0 Å². The van der Waals surface area contributed by atoms with Gasteiger partial charge in [0.05, 0.1) is 0 Å². The first-order valence-electron chi connectivity index (χ1n) is 6.91. The Morgan fingerprint density at radius 1 is 1.28 bits per heavy atom. The normalized spacial score (nSPS) is 24.7. The molecule has 0 saturated heterocycles. The van der Waals surface area contributed by atoms with Gasteiger partial charge >= 0.3 is 6.18 Å². The molecule has 0 radical (unpaired) electrons. The smallest absolute Gasteiger partial charge is 0.372 e. The fourth-order valence-corrected chi connectivity index (χ4v) is 2.62. The first-order chi connectivity index (χ1) is 8.53. The van der Waals surface area contributed by atoms with E-state index in [9.17, 15) is 13.2 Å². The van der Waals surface area contributed by atoms with Crippen LogP contribution in [0.3, 0.4) is 0 Å². The van der Waals surface area contributed by atoms with E-state index in [4.69, 9.17) is 0 Å². The maximum absolute atomic E-state index is 11.9. The van der Waals surface area contributed by atoms with Gasteiger partial charge in [0.2, 0.25) is 0 Å². The van der Waals surface area contributed by atoms with Crippen LogP contribution in [0.5, 0.6) is 0 Å². The van der Waals surface area contributed by atoms with Gasteiger partial charge in [-0.1, -0.05) is 13.3 Å². The maximum atomic E-state index is 11.9. The van der Waals surface area contributed by atoms with Crippen LogP contribution in [0.2, 0.25) is 0 Å². The standard InChI is InChI=1S/C13H24F3NO/c1-2-8-17-12-7-3-5-11(12)6-4-9-18-10-13(14,15)16/h11-12,17H,2-10H2,1H3. The Morgan fingerprint density at radius 2 is 2.06 bits per heavy atom. The second-order valence-corrected chi connectivity index (χ2v) is 5.06. The van der Waals surface area contributed by atoms with Crippen LogP contribution in [-0.2, 0) is 4.74 Å². The van der Waals surface area contributed by atoms with Crippen LogP contribution < -0.4 is 5.32 Å². The molecule has 1 aliphatic carbocycles. The molecule has 1 N–H and O–H groups in total. The lowest BCUT2D eigenvalue weighted by Crippen LogP contribution is -2.33. The highest BCUT2D eigenvalue weighted by molar-refractivity contribution is 4.82. The molecule has 1 rings (SSSR count). The summed E-state index contributed by atoms with van der Waals surface area (Å²) >= 11 is 0. The summed E-state index contributed by atoms with van der Waals surface area (Å²) in [6, 6.07) is 0.563. The second kappa shape index (κ2) is 8.00. The zero-order valence-electron chi connectivity index (χ0n) is 11.1. The van der Waals surface area contributed by atoms with E-state index in [1.807, 2.05) is 0 Å². The number of alkyl halides is 3. The molecule has 0 aromatic carbocycles. The SMILES string of the molecule is CCCNC1CCCC1CCCOCC(F)(F)F. The van der Waals surface area contributed by atoms with Crippen molar-refractivity contribution >= 4 is 0 Å².